The fraction of sp³-hybridized carbons (Fsp3) is 0.143. The number of amides is 1. The zero-order chi connectivity index (χ0) is 15.4. The SMILES string of the molecule is Cc1cc(NC(=O)c2ccc(NCc3ccco3)nn2)no1. The summed E-state index contributed by atoms with van der Waals surface area (Å²) < 4.78 is 10.1. The van der Waals surface area contributed by atoms with Gasteiger partial charge in [0, 0.05) is 6.07 Å². The topological polar surface area (TPSA) is 106 Å². The van der Waals surface area contributed by atoms with Gasteiger partial charge in [0.05, 0.1) is 12.8 Å². The molecule has 8 heteroatoms. The number of nitrogens with zero attached hydrogens (tertiary/aromatic N) is 3. The van der Waals surface area contributed by atoms with Crippen molar-refractivity contribution >= 4 is 17.5 Å². The Morgan fingerprint density at radius 2 is 2.14 bits per heavy atom. The minimum Gasteiger partial charge on any atom is -0.467 e. The predicted octanol–water partition coefficient (Wildman–Crippen LogP) is 2.23. The minimum atomic E-state index is -0.404. The monoisotopic (exact) mass is 299 g/mol. The average molecular weight is 299 g/mol. The van der Waals surface area contributed by atoms with E-state index in [1.165, 1.54) is 0 Å². The van der Waals surface area contributed by atoms with E-state index in [0.717, 1.165) is 5.76 Å². The molecular formula is C14H13N5O3. The van der Waals surface area contributed by atoms with Crippen molar-refractivity contribution in [1.29, 1.82) is 0 Å². The summed E-state index contributed by atoms with van der Waals surface area (Å²) in [5.41, 5.74) is 0.184. The molecule has 8 nitrogen and oxygen atoms in total. The maximum absolute atomic E-state index is 11.9. The quantitative estimate of drug-likeness (QED) is 0.744. The molecule has 3 aromatic rings. The highest BCUT2D eigenvalue weighted by Crippen LogP contribution is 2.10. The lowest BCUT2D eigenvalue weighted by atomic mass is 10.3. The lowest BCUT2D eigenvalue weighted by molar-refractivity contribution is 0.102. The van der Waals surface area contributed by atoms with Crippen molar-refractivity contribution in [3.05, 3.63) is 53.8 Å². The van der Waals surface area contributed by atoms with Crippen LogP contribution < -0.4 is 10.6 Å². The highest BCUT2D eigenvalue weighted by Gasteiger charge is 2.11. The second-order valence-corrected chi connectivity index (χ2v) is 4.51. The second-order valence-electron chi connectivity index (χ2n) is 4.51. The van der Waals surface area contributed by atoms with Crippen LogP contribution in [0.25, 0.3) is 0 Å². The molecule has 0 aliphatic carbocycles. The number of rotatable bonds is 5. The number of aromatic nitrogens is 3. The maximum atomic E-state index is 11.9. The molecule has 0 aliphatic rings. The third-order valence-electron chi connectivity index (χ3n) is 2.79. The van der Waals surface area contributed by atoms with E-state index in [4.69, 9.17) is 8.94 Å². The molecule has 1 amide bonds. The Labute approximate surface area is 125 Å². The van der Waals surface area contributed by atoms with Crippen LogP contribution in [0.5, 0.6) is 0 Å². The zero-order valence-corrected chi connectivity index (χ0v) is 11.7. The zero-order valence-electron chi connectivity index (χ0n) is 11.7. The summed E-state index contributed by atoms with van der Waals surface area (Å²) in [6, 6.07) is 8.51. The first kappa shape index (κ1) is 13.8. The highest BCUT2D eigenvalue weighted by atomic mass is 16.5. The van der Waals surface area contributed by atoms with Gasteiger partial charge in [-0.15, -0.1) is 10.2 Å². The Bertz CT molecular complexity index is 749. The molecule has 0 saturated carbocycles. The number of hydrogen-bond donors (Lipinski definition) is 2. The lowest BCUT2D eigenvalue weighted by Gasteiger charge is -2.04. The number of anilines is 2. The van der Waals surface area contributed by atoms with E-state index in [1.54, 1.807) is 31.4 Å². The number of carbonyl (C=O) groups is 1. The van der Waals surface area contributed by atoms with Crippen molar-refractivity contribution in [2.45, 2.75) is 13.5 Å². The van der Waals surface area contributed by atoms with Gasteiger partial charge >= 0.3 is 0 Å². The molecule has 0 radical (unpaired) electrons. The van der Waals surface area contributed by atoms with E-state index in [1.807, 2.05) is 12.1 Å². The van der Waals surface area contributed by atoms with Crippen LogP contribution in [-0.2, 0) is 6.54 Å². The number of furan rings is 1. The Hall–Kier alpha value is -3.16. The highest BCUT2D eigenvalue weighted by molar-refractivity contribution is 6.02. The van der Waals surface area contributed by atoms with Crippen molar-refractivity contribution in [2.75, 3.05) is 10.6 Å². The van der Waals surface area contributed by atoms with E-state index in [-0.39, 0.29) is 5.69 Å². The molecule has 0 bridgehead atoms. The molecule has 0 aliphatic heterocycles. The van der Waals surface area contributed by atoms with E-state index in [2.05, 4.69) is 26.0 Å². The first-order valence-corrected chi connectivity index (χ1v) is 6.55. The summed E-state index contributed by atoms with van der Waals surface area (Å²) in [5.74, 6) is 1.87. The molecule has 22 heavy (non-hydrogen) atoms. The van der Waals surface area contributed by atoms with Crippen molar-refractivity contribution in [3.8, 4) is 0 Å². The molecule has 3 aromatic heterocycles. The largest absolute Gasteiger partial charge is 0.467 e. The van der Waals surface area contributed by atoms with E-state index >= 15 is 0 Å². The third kappa shape index (κ3) is 3.29. The number of carbonyl (C=O) groups excluding carboxylic acids is 1. The normalized spacial score (nSPS) is 10.4. The minimum absolute atomic E-state index is 0.184. The van der Waals surface area contributed by atoms with Crippen molar-refractivity contribution in [1.82, 2.24) is 15.4 Å². The Morgan fingerprint density at radius 3 is 2.77 bits per heavy atom. The van der Waals surface area contributed by atoms with Crippen LogP contribution in [-0.4, -0.2) is 21.3 Å². The van der Waals surface area contributed by atoms with Gasteiger partial charge in [-0.2, -0.15) is 0 Å². The Kier molecular flexibility index (Phi) is 3.82. The van der Waals surface area contributed by atoms with Gasteiger partial charge in [-0.3, -0.25) is 4.79 Å². The van der Waals surface area contributed by atoms with Crippen LogP contribution >= 0.6 is 0 Å². The first-order chi connectivity index (χ1) is 10.7. The lowest BCUT2D eigenvalue weighted by Crippen LogP contribution is -2.15. The van der Waals surface area contributed by atoms with Crippen LogP contribution in [0.1, 0.15) is 22.0 Å². The summed E-state index contributed by atoms with van der Waals surface area (Å²) >= 11 is 0. The van der Waals surface area contributed by atoms with Crippen molar-refractivity contribution in [2.24, 2.45) is 0 Å². The fourth-order valence-electron chi connectivity index (χ4n) is 1.74. The summed E-state index contributed by atoms with van der Waals surface area (Å²) in [6.45, 7) is 2.23. The standard InChI is InChI=1S/C14H13N5O3/c1-9-7-13(19-22-9)16-14(20)11-4-5-12(18-17-11)15-8-10-3-2-6-21-10/h2-7H,8H2,1H3,(H,15,18)(H,16,19,20). The second kappa shape index (κ2) is 6.08. The smallest absolute Gasteiger partial charge is 0.277 e. The van der Waals surface area contributed by atoms with Gasteiger partial charge in [-0.1, -0.05) is 5.16 Å². The molecule has 3 heterocycles. The Balaban J connectivity index is 1.59. The molecule has 0 unspecified atom stereocenters. The average Bonchev–Trinajstić information content (AvgIpc) is 3.17. The van der Waals surface area contributed by atoms with Gasteiger partial charge in [-0.05, 0) is 31.2 Å². The molecule has 2 N–H and O–H groups in total. The molecule has 112 valence electrons. The summed E-state index contributed by atoms with van der Waals surface area (Å²) in [4.78, 5) is 11.9. The van der Waals surface area contributed by atoms with Gasteiger partial charge in [0.25, 0.3) is 5.91 Å². The molecule has 0 spiro atoms. The molecular weight excluding hydrogens is 286 g/mol. The van der Waals surface area contributed by atoms with Crippen LogP contribution in [0.3, 0.4) is 0 Å². The van der Waals surface area contributed by atoms with E-state index in [0.29, 0.717) is 23.9 Å². The summed E-state index contributed by atoms with van der Waals surface area (Å²) in [7, 11) is 0. The molecule has 0 atom stereocenters. The van der Waals surface area contributed by atoms with Crippen LogP contribution in [0.4, 0.5) is 11.6 Å². The molecule has 0 fully saturated rings. The molecule has 0 saturated heterocycles. The summed E-state index contributed by atoms with van der Waals surface area (Å²) in [6.07, 6.45) is 1.60. The van der Waals surface area contributed by atoms with Gasteiger partial charge in [0.2, 0.25) is 0 Å². The van der Waals surface area contributed by atoms with Gasteiger partial charge in [0.15, 0.2) is 11.5 Å². The fourth-order valence-corrected chi connectivity index (χ4v) is 1.74. The van der Waals surface area contributed by atoms with E-state index in [9.17, 15) is 4.79 Å². The maximum Gasteiger partial charge on any atom is 0.277 e. The van der Waals surface area contributed by atoms with Crippen LogP contribution in [0.2, 0.25) is 0 Å². The van der Waals surface area contributed by atoms with Crippen LogP contribution in [0.15, 0.2) is 45.5 Å². The molecule has 0 aromatic carbocycles. The number of hydrogen-bond acceptors (Lipinski definition) is 7. The third-order valence-corrected chi connectivity index (χ3v) is 2.79. The van der Waals surface area contributed by atoms with Crippen LogP contribution in [0, 0.1) is 6.92 Å². The Morgan fingerprint density at radius 1 is 1.23 bits per heavy atom. The first-order valence-electron chi connectivity index (χ1n) is 6.55. The molecule has 3 rings (SSSR count). The summed E-state index contributed by atoms with van der Waals surface area (Å²) in [5, 5.41) is 17.1. The van der Waals surface area contributed by atoms with Crippen molar-refractivity contribution < 1.29 is 13.7 Å². The number of aryl methyl sites for hydroxylation is 1. The van der Waals surface area contributed by atoms with Gasteiger partial charge in [-0.25, -0.2) is 0 Å². The number of nitrogens with one attached hydrogen (secondary N) is 2. The van der Waals surface area contributed by atoms with Gasteiger partial charge in [0.1, 0.15) is 17.3 Å². The van der Waals surface area contributed by atoms with E-state index < -0.39 is 5.91 Å². The van der Waals surface area contributed by atoms with Gasteiger partial charge < -0.3 is 19.6 Å². The van der Waals surface area contributed by atoms with Crippen molar-refractivity contribution in [3.63, 3.8) is 0 Å². The predicted molar refractivity (Wildman–Crippen MR) is 77.3 cm³/mol.